The van der Waals surface area contributed by atoms with E-state index in [9.17, 15) is 4.79 Å². The molecular weight excluding hydrogens is 494 g/mol. The number of aromatic amines is 1. The Labute approximate surface area is 204 Å². The van der Waals surface area contributed by atoms with E-state index in [1.54, 1.807) is 9.13 Å². The number of H-pyrrole nitrogens is 1. The monoisotopic (exact) mass is 515 g/mol. The number of pyridine rings is 1. The summed E-state index contributed by atoms with van der Waals surface area (Å²) in [6.45, 7) is 2.51. The maximum atomic E-state index is 13.3. The van der Waals surface area contributed by atoms with Gasteiger partial charge < -0.3 is 0 Å². The summed E-state index contributed by atoms with van der Waals surface area (Å²) < 4.78 is 4.38. The van der Waals surface area contributed by atoms with Crippen molar-refractivity contribution in [3.8, 4) is 28.2 Å². The van der Waals surface area contributed by atoms with Gasteiger partial charge in [0.1, 0.15) is 0 Å². The summed E-state index contributed by atoms with van der Waals surface area (Å²) >= 11 is 3.56. The maximum absolute atomic E-state index is 13.3. The molecule has 0 saturated heterocycles. The molecule has 0 fully saturated rings. The first-order valence-electron chi connectivity index (χ1n) is 11.0. The van der Waals surface area contributed by atoms with Crippen LogP contribution in [0.25, 0.3) is 28.2 Å². The van der Waals surface area contributed by atoms with Crippen LogP contribution in [-0.4, -0.2) is 34.7 Å². The van der Waals surface area contributed by atoms with Gasteiger partial charge in [-0.2, -0.15) is 0 Å². The molecule has 9 heteroatoms. The van der Waals surface area contributed by atoms with E-state index in [-0.39, 0.29) is 5.69 Å². The standard InChI is InChI=1S/C25H22BrN7O/c1-2-7-19-16-33(23-11-6-5-10-22(23)26)25(34)32(19)15-18-13-12-17(14-27-18)20-8-3-4-9-21(20)24-28-30-31-29-24/h3-6,8-14,16H,2,7,15H2,1H3,(H,28,29,30,31). The zero-order valence-electron chi connectivity index (χ0n) is 18.5. The van der Waals surface area contributed by atoms with Crippen molar-refractivity contribution < 1.29 is 0 Å². The van der Waals surface area contributed by atoms with Gasteiger partial charge in [0.15, 0.2) is 5.82 Å². The SMILES string of the molecule is CCCc1cn(-c2ccccc2Br)c(=O)n1Cc1ccc(-c2ccccc2-c2nnn[nH]2)cn1. The number of aryl methyl sites for hydroxylation is 1. The fourth-order valence-corrected chi connectivity index (χ4v) is 4.50. The highest BCUT2D eigenvalue weighted by molar-refractivity contribution is 9.10. The lowest BCUT2D eigenvalue weighted by molar-refractivity contribution is 0.679. The van der Waals surface area contributed by atoms with Crippen molar-refractivity contribution in [2.75, 3.05) is 0 Å². The number of tetrazole rings is 1. The van der Waals surface area contributed by atoms with Crippen LogP contribution >= 0.6 is 15.9 Å². The van der Waals surface area contributed by atoms with Gasteiger partial charge in [-0.1, -0.05) is 55.8 Å². The molecule has 0 unspecified atom stereocenters. The van der Waals surface area contributed by atoms with Crippen LogP contribution in [0.2, 0.25) is 0 Å². The van der Waals surface area contributed by atoms with Crippen molar-refractivity contribution in [1.82, 2.24) is 34.7 Å². The van der Waals surface area contributed by atoms with E-state index in [0.29, 0.717) is 12.4 Å². The molecule has 0 aliphatic rings. The number of hydrogen-bond acceptors (Lipinski definition) is 5. The first-order valence-corrected chi connectivity index (χ1v) is 11.8. The van der Waals surface area contributed by atoms with Crippen LogP contribution in [0.15, 0.2) is 82.3 Å². The summed E-state index contributed by atoms with van der Waals surface area (Å²) in [5, 5.41) is 14.2. The average Bonchev–Trinajstić information content (AvgIpc) is 3.50. The fourth-order valence-electron chi connectivity index (χ4n) is 4.03. The Morgan fingerprint density at radius 3 is 2.50 bits per heavy atom. The van der Waals surface area contributed by atoms with Gasteiger partial charge in [0.05, 0.1) is 17.9 Å². The van der Waals surface area contributed by atoms with Gasteiger partial charge in [0.2, 0.25) is 0 Å². The Morgan fingerprint density at radius 1 is 1.00 bits per heavy atom. The molecule has 0 saturated carbocycles. The predicted octanol–water partition coefficient (Wildman–Crippen LogP) is 4.64. The number of halogens is 1. The number of aromatic nitrogens is 7. The Hall–Kier alpha value is -3.85. The number of nitrogens with zero attached hydrogens (tertiary/aromatic N) is 6. The zero-order chi connectivity index (χ0) is 23.5. The fraction of sp³-hybridized carbons (Fsp3) is 0.160. The molecule has 5 rings (SSSR count). The summed E-state index contributed by atoms with van der Waals surface area (Å²) in [6, 6.07) is 19.6. The van der Waals surface area contributed by atoms with E-state index in [4.69, 9.17) is 0 Å². The summed E-state index contributed by atoms with van der Waals surface area (Å²) in [5.41, 5.74) is 5.36. The number of nitrogens with one attached hydrogen (secondary N) is 1. The third-order valence-corrected chi connectivity index (χ3v) is 6.33. The van der Waals surface area contributed by atoms with Gasteiger partial charge in [-0.25, -0.2) is 9.89 Å². The summed E-state index contributed by atoms with van der Waals surface area (Å²) in [4.78, 5) is 18.0. The number of para-hydroxylation sites is 1. The van der Waals surface area contributed by atoms with E-state index in [1.165, 1.54) is 0 Å². The molecule has 0 aliphatic heterocycles. The lowest BCUT2D eigenvalue weighted by Crippen LogP contribution is -2.25. The van der Waals surface area contributed by atoms with Crippen LogP contribution < -0.4 is 5.69 Å². The molecule has 5 aromatic rings. The van der Waals surface area contributed by atoms with Gasteiger partial charge in [0.25, 0.3) is 0 Å². The lowest BCUT2D eigenvalue weighted by atomic mass is 10.0. The molecule has 3 aromatic heterocycles. The summed E-state index contributed by atoms with van der Waals surface area (Å²) in [7, 11) is 0. The van der Waals surface area contributed by atoms with E-state index in [1.807, 2.05) is 73.1 Å². The third kappa shape index (κ3) is 4.22. The van der Waals surface area contributed by atoms with E-state index >= 15 is 0 Å². The largest absolute Gasteiger partial charge is 0.333 e. The average molecular weight is 516 g/mol. The lowest BCUT2D eigenvalue weighted by Gasteiger charge is -2.09. The molecule has 0 atom stereocenters. The highest BCUT2D eigenvalue weighted by Gasteiger charge is 2.15. The second-order valence-corrected chi connectivity index (χ2v) is 8.75. The molecule has 0 spiro atoms. The highest BCUT2D eigenvalue weighted by Crippen LogP contribution is 2.29. The smallest absolute Gasteiger partial charge is 0.290 e. The molecule has 34 heavy (non-hydrogen) atoms. The molecule has 0 bridgehead atoms. The Bertz CT molecular complexity index is 1470. The summed E-state index contributed by atoms with van der Waals surface area (Å²) in [6.07, 6.45) is 5.51. The Kier molecular flexibility index (Phi) is 6.18. The van der Waals surface area contributed by atoms with E-state index in [0.717, 1.165) is 51.1 Å². The third-order valence-electron chi connectivity index (χ3n) is 5.66. The normalized spacial score (nSPS) is 11.1. The Morgan fingerprint density at radius 2 is 1.79 bits per heavy atom. The highest BCUT2D eigenvalue weighted by atomic mass is 79.9. The van der Waals surface area contributed by atoms with Crippen LogP contribution in [-0.2, 0) is 13.0 Å². The molecule has 3 heterocycles. The van der Waals surface area contributed by atoms with Gasteiger partial charge in [0, 0.05) is 33.7 Å². The van der Waals surface area contributed by atoms with Crippen LogP contribution in [0.3, 0.4) is 0 Å². The van der Waals surface area contributed by atoms with Crippen LogP contribution in [0, 0.1) is 0 Å². The number of rotatable bonds is 7. The quantitative estimate of drug-likeness (QED) is 0.340. The molecule has 0 amide bonds. The maximum Gasteiger partial charge on any atom is 0.333 e. The molecule has 1 N–H and O–H groups in total. The van der Waals surface area contributed by atoms with Crippen molar-refractivity contribution >= 4 is 15.9 Å². The molecule has 170 valence electrons. The van der Waals surface area contributed by atoms with Crippen LogP contribution in [0.5, 0.6) is 0 Å². The van der Waals surface area contributed by atoms with Crippen molar-refractivity contribution in [2.45, 2.75) is 26.3 Å². The van der Waals surface area contributed by atoms with Gasteiger partial charge in [-0.15, -0.1) is 5.10 Å². The van der Waals surface area contributed by atoms with E-state index < -0.39 is 0 Å². The minimum Gasteiger partial charge on any atom is -0.290 e. The van der Waals surface area contributed by atoms with Gasteiger partial charge in [-0.05, 0) is 56.5 Å². The molecule has 0 aliphatic carbocycles. The number of hydrogen-bond donors (Lipinski definition) is 1. The second kappa shape index (κ2) is 9.56. The minimum atomic E-state index is -0.0793. The number of imidazole rings is 1. The zero-order valence-corrected chi connectivity index (χ0v) is 20.1. The molecule has 2 aromatic carbocycles. The van der Waals surface area contributed by atoms with Gasteiger partial charge >= 0.3 is 5.69 Å². The first-order chi connectivity index (χ1) is 16.7. The van der Waals surface area contributed by atoms with Crippen LogP contribution in [0.4, 0.5) is 0 Å². The number of benzene rings is 2. The van der Waals surface area contributed by atoms with Gasteiger partial charge in [-0.3, -0.25) is 14.1 Å². The molecular formula is C25H22BrN7O. The molecule has 0 radical (unpaired) electrons. The molecule has 8 nitrogen and oxygen atoms in total. The van der Waals surface area contributed by atoms with E-state index in [2.05, 4.69) is 48.5 Å². The minimum absolute atomic E-state index is 0.0793. The van der Waals surface area contributed by atoms with Crippen molar-refractivity contribution in [3.05, 3.63) is 99.4 Å². The second-order valence-electron chi connectivity index (χ2n) is 7.89. The summed E-state index contributed by atoms with van der Waals surface area (Å²) in [5.74, 6) is 0.601. The first kappa shape index (κ1) is 22.0. The topological polar surface area (TPSA) is 94.3 Å². The van der Waals surface area contributed by atoms with Crippen LogP contribution in [0.1, 0.15) is 24.7 Å². The van der Waals surface area contributed by atoms with Crippen molar-refractivity contribution in [3.63, 3.8) is 0 Å². The Balaban J connectivity index is 1.48. The van der Waals surface area contributed by atoms with Crippen molar-refractivity contribution in [2.24, 2.45) is 0 Å². The van der Waals surface area contributed by atoms with Crippen molar-refractivity contribution in [1.29, 1.82) is 0 Å². The predicted molar refractivity (Wildman–Crippen MR) is 134 cm³/mol.